The number of Topliss-reactive ketones (excluding diaryl/α,β-unsaturated/α-hetero) is 1. The Kier molecular flexibility index (Phi) is 4.32. The summed E-state index contributed by atoms with van der Waals surface area (Å²) in [6.45, 7) is 4.27. The Balaban J connectivity index is 2.09. The summed E-state index contributed by atoms with van der Waals surface area (Å²) in [5, 5.41) is 0. The van der Waals surface area contributed by atoms with E-state index in [2.05, 4.69) is 11.8 Å². The first-order valence-electron chi connectivity index (χ1n) is 6.66. The molecule has 1 heterocycles. The maximum Gasteiger partial charge on any atom is 0.179 e. The molecule has 0 spiro atoms. The van der Waals surface area contributed by atoms with E-state index >= 15 is 0 Å². The molecule has 1 fully saturated rings. The molecule has 1 aliphatic rings. The Morgan fingerprint density at radius 2 is 1.82 bits per heavy atom. The van der Waals surface area contributed by atoms with Gasteiger partial charge in [-0.25, -0.2) is 0 Å². The molecule has 1 aliphatic heterocycles. The maximum absolute atomic E-state index is 12.4. The Morgan fingerprint density at radius 1 is 1.18 bits per heavy atom. The van der Waals surface area contributed by atoms with Gasteiger partial charge in [-0.2, -0.15) is 0 Å². The van der Waals surface area contributed by atoms with Crippen LogP contribution in [0.3, 0.4) is 0 Å². The molecule has 0 unspecified atom stereocenters. The molecule has 0 N–H and O–H groups in total. The van der Waals surface area contributed by atoms with Crippen molar-refractivity contribution in [2.45, 2.75) is 38.6 Å². The lowest BCUT2D eigenvalue weighted by Gasteiger charge is -2.33. The summed E-state index contributed by atoms with van der Waals surface area (Å²) >= 11 is 0. The number of hydrogen-bond donors (Lipinski definition) is 0. The van der Waals surface area contributed by atoms with Gasteiger partial charge < -0.3 is 0 Å². The molecule has 1 atom stereocenters. The number of benzene rings is 1. The topological polar surface area (TPSA) is 20.3 Å². The summed E-state index contributed by atoms with van der Waals surface area (Å²) < 4.78 is 0. The van der Waals surface area contributed by atoms with Crippen LogP contribution in [0.15, 0.2) is 30.3 Å². The number of carbonyl (C=O) groups is 1. The average Bonchev–Trinajstić information content (AvgIpc) is 2.42. The van der Waals surface area contributed by atoms with E-state index in [9.17, 15) is 4.79 Å². The third-order valence-corrected chi connectivity index (χ3v) is 3.58. The van der Waals surface area contributed by atoms with Gasteiger partial charge in [0.2, 0.25) is 0 Å². The minimum absolute atomic E-state index is 0.0812. The van der Waals surface area contributed by atoms with E-state index in [0.717, 1.165) is 25.1 Å². The van der Waals surface area contributed by atoms with E-state index in [-0.39, 0.29) is 11.8 Å². The maximum atomic E-state index is 12.4. The summed E-state index contributed by atoms with van der Waals surface area (Å²) in [6.07, 6.45) is 4.69. The van der Waals surface area contributed by atoms with Gasteiger partial charge in [-0.15, -0.1) is 0 Å². The third-order valence-electron chi connectivity index (χ3n) is 3.58. The van der Waals surface area contributed by atoms with Crippen molar-refractivity contribution in [3.63, 3.8) is 0 Å². The second kappa shape index (κ2) is 5.97. The quantitative estimate of drug-likeness (QED) is 0.742. The van der Waals surface area contributed by atoms with E-state index < -0.39 is 0 Å². The Morgan fingerprint density at radius 3 is 2.41 bits per heavy atom. The molecule has 0 aromatic heterocycles. The van der Waals surface area contributed by atoms with Crippen LogP contribution in [0.5, 0.6) is 0 Å². The summed E-state index contributed by atoms with van der Waals surface area (Å²) in [7, 11) is 0. The van der Waals surface area contributed by atoms with Crippen molar-refractivity contribution >= 4 is 5.78 Å². The molecule has 0 aliphatic carbocycles. The van der Waals surface area contributed by atoms with Crippen LogP contribution in [0, 0.1) is 0 Å². The fraction of sp³-hybridized carbons (Fsp3) is 0.533. The predicted molar refractivity (Wildman–Crippen MR) is 70.3 cm³/mol. The summed E-state index contributed by atoms with van der Waals surface area (Å²) in [4.78, 5) is 14.8. The van der Waals surface area contributed by atoms with Crippen molar-refractivity contribution < 1.29 is 4.79 Å². The number of likely N-dealkylation sites (tertiary alicyclic amines) is 1. The minimum Gasteiger partial charge on any atom is -0.293 e. The first kappa shape index (κ1) is 12.3. The van der Waals surface area contributed by atoms with Crippen LogP contribution in [-0.4, -0.2) is 29.8 Å². The number of hydrogen-bond acceptors (Lipinski definition) is 2. The summed E-state index contributed by atoms with van der Waals surface area (Å²) in [5.41, 5.74) is 0.852. The molecule has 2 heteroatoms. The van der Waals surface area contributed by atoms with E-state index in [1.165, 1.54) is 19.3 Å². The van der Waals surface area contributed by atoms with Crippen LogP contribution >= 0.6 is 0 Å². The number of nitrogens with zero attached hydrogens (tertiary/aromatic N) is 1. The molecule has 2 rings (SSSR count). The van der Waals surface area contributed by atoms with Gasteiger partial charge in [0, 0.05) is 5.56 Å². The molecule has 1 aromatic rings. The normalized spacial score (nSPS) is 18.9. The van der Waals surface area contributed by atoms with Gasteiger partial charge >= 0.3 is 0 Å². The van der Waals surface area contributed by atoms with E-state index in [1.54, 1.807) is 0 Å². The largest absolute Gasteiger partial charge is 0.293 e. The lowest BCUT2D eigenvalue weighted by Crippen LogP contribution is -2.43. The van der Waals surface area contributed by atoms with Gasteiger partial charge in [0.05, 0.1) is 6.04 Å². The average molecular weight is 231 g/mol. The Hall–Kier alpha value is -1.15. The first-order valence-corrected chi connectivity index (χ1v) is 6.66. The van der Waals surface area contributed by atoms with Gasteiger partial charge in [-0.1, -0.05) is 43.7 Å². The highest BCUT2D eigenvalue weighted by molar-refractivity contribution is 6.00. The monoisotopic (exact) mass is 231 g/mol. The number of piperidine rings is 1. The molecule has 2 nitrogen and oxygen atoms in total. The zero-order valence-corrected chi connectivity index (χ0v) is 10.6. The lowest BCUT2D eigenvalue weighted by molar-refractivity contribution is 0.0777. The second-order valence-electron chi connectivity index (χ2n) is 4.75. The highest BCUT2D eigenvalue weighted by Crippen LogP contribution is 2.17. The summed E-state index contributed by atoms with van der Waals surface area (Å²) in [5.74, 6) is 0.287. The van der Waals surface area contributed by atoms with E-state index in [1.807, 2.05) is 30.3 Å². The zero-order valence-electron chi connectivity index (χ0n) is 10.6. The molecular formula is C15H21NO. The second-order valence-corrected chi connectivity index (χ2v) is 4.75. The zero-order chi connectivity index (χ0) is 12.1. The lowest BCUT2D eigenvalue weighted by atomic mass is 9.98. The number of rotatable bonds is 4. The van der Waals surface area contributed by atoms with Crippen LogP contribution in [-0.2, 0) is 0 Å². The molecule has 0 amide bonds. The van der Waals surface area contributed by atoms with Gasteiger partial charge in [0.25, 0.3) is 0 Å². The molecule has 17 heavy (non-hydrogen) atoms. The van der Waals surface area contributed by atoms with Gasteiger partial charge in [0.15, 0.2) is 5.78 Å². The Labute approximate surface area is 104 Å². The highest BCUT2D eigenvalue weighted by Gasteiger charge is 2.25. The van der Waals surface area contributed by atoms with E-state index in [0.29, 0.717) is 0 Å². The smallest absolute Gasteiger partial charge is 0.179 e. The molecule has 1 saturated heterocycles. The van der Waals surface area contributed by atoms with Crippen molar-refractivity contribution in [3.05, 3.63) is 35.9 Å². The van der Waals surface area contributed by atoms with Crippen LogP contribution in [0.4, 0.5) is 0 Å². The molecular weight excluding hydrogens is 210 g/mol. The summed E-state index contributed by atoms with van der Waals surface area (Å²) in [6, 6.07) is 9.77. The van der Waals surface area contributed by atoms with Gasteiger partial charge in [-0.3, -0.25) is 9.69 Å². The molecule has 1 aromatic carbocycles. The van der Waals surface area contributed by atoms with Crippen LogP contribution < -0.4 is 0 Å². The van der Waals surface area contributed by atoms with Crippen molar-refractivity contribution in [1.29, 1.82) is 0 Å². The first-order chi connectivity index (χ1) is 8.33. The standard InChI is InChI=1S/C15H21NO/c1-2-14(16-11-7-4-8-12-16)15(17)13-9-5-3-6-10-13/h3,5-6,9-10,14H,2,4,7-8,11-12H2,1H3/t14-/m1/s1. The molecule has 0 radical (unpaired) electrons. The fourth-order valence-electron chi connectivity index (χ4n) is 2.63. The molecule has 0 bridgehead atoms. The van der Waals surface area contributed by atoms with Gasteiger partial charge in [0.1, 0.15) is 0 Å². The highest BCUT2D eigenvalue weighted by atomic mass is 16.1. The van der Waals surface area contributed by atoms with Crippen molar-refractivity contribution in [3.8, 4) is 0 Å². The third kappa shape index (κ3) is 2.95. The van der Waals surface area contributed by atoms with Gasteiger partial charge in [-0.05, 0) is 32.4 Å². The molecule has 92 valence electrons. The number of carbonyl (C=O) groups excluding carboxylic acids is 1. The van der Waals surface area contributed by atoms with E-state index in [4.69, 9.17) is 0 Å². The number of ketones is 1. The molecule has 0 saturated carbocycles. The SMILES string of the molecule is CC[C@H](C(=O)c1ccccc1)N1CCCCC1. The van der Waals surface area contributed by atoms with Crippen molar-refractivity contribution in [2.24, 2.45) is 0 Å². The van der Waals surface area contributed by atoms with Crippen LogP contribution in [0.2, 0.25) is 0 Å². The minimum atomic E-state index is 0.0812. The fourth-order valence-corrected chi connectivity index (χ4v) is 2.63. The van der Waals surface area contributed by atoms with Crippen LogP contribution in [0.1, 0.15) is 43.0 Å². The van der Waals surface area contributed by atoms with Crippen molar-refractivity contribution in [1.82, 2.24) is 4.90 Å². The van der Waals surface area contributed by atoms with Crippen molar-refractivity contribution in [2.75, 3.05) is 13.1 Å². The predicted octanol–water partition coefficient (Wildman–Crippen LogP) is 3.13. The van der Waals surface area contributed by atoms with Crippen LogP contribution in [0.25, 0.3) is 0 Å². The Bertz CT molecular complexity index is 354.